The molecule has 0 aliphatic carbocycles. The highest BCUT2D eigenvalue weighted by molar-refractivity contribution is 14.0. The Kier molecular flexibility index (Phi) is 9.71. The Balaban J connectivity index is 0.00000312. The van der Waals surface area contributed by atoms with Crippen molar-refractivity contribution >= 4 is 53.2 Å². The third-order valence-electron chi connectivity index (χ3n) is 3.45. The van der Waals surface area contributed by atoms with Gasteiger partial charge in [0.25, 0.3) is 0 Å². The van der Waals surface area contributed by atoms with Gasteiger partial charge in [0.1, 0.15) is 0 Å². The van der Waals surface area contributed by atoms with Crippen molar-refractivity contribution in [1.29, 1.82) is 0 Å². The zero-order chi connectivity index (χ0) is 17.4. The summed E-state index contributed by atoms with van der Waals surface area (Å²) in [4.78, 5) is 34.3. The lowest BCUT2D eigenvalue weighted by Crippen LogP contribution is -2.43. The van der Waals surface area contributed by atoms with Gasteiger partial charge in [0, 0.05) is 43.7 Å². The van der Waals surface area contributed by atoms with E-state index in [-0.39, 0.29) is 42.5 Å². The summed E-state index contributed by atoms with van der Waals surface area (Å²) in [6, 6.07) is -0.334. The molecule has 1 aromatic heterocycles. The van der Waals surface area contributed by atoms with Crippen molar-refractivity contribution in [2.75, 3.05) is 32.7 Å². The molecule has 2 heterocycles. The van der Waals surface area contributed by atoms with Crippen molar-refractivity contribution in [2.45, 2.75) is 26.7 Å². The van der Waals surface area contributed by atoms with E-state index in [0.717, 1.165) is 24.4 Å². The molecule has 1 fully saturated rings. The molecule has 0 atom stereocenters. The highest BCUT2D eigenvalue weighted by Gasteiger charge is 2.27. The van der Waals surface area contributed by atoms with Gasteiger partial charge < -0.3 is 16.0 Å². The van der Waals surface area contributed by atoms with E-state index < -0.39 is 0 Å². The maximum Gasteiger partial charge on any atom is 0.324 e. The number of amides is 3. The molecule has 3 N–H and O–H groups in total. The zero-order valence-electron chi connectivity index (χ0n) is 14.5. The Bertz CT molecular complexity index is 591. The lowest BCUT2D eigenvalue weighted by Gasteiger charge is -2.15. The van der Waals surface area contributed by atoms with Gasteiger partial charge in [-0.15, -0.1) is 35.3 Å². The van der Waals surface area contributed by atoms with Crippen LogP contribution in [-0.4, -0.2) is 60.5 Å². The van der Waals surface area contributed by atoms with Crippen molar-refractivity contribution in [3.05, 3.63) is 16.1 Å². The van der Waals surface area contributed by atoms with Crippen LogP contribution in [0.25, 0.3) is 0 Å². The Labute approximate surface area is 168 Å². The predicted octanol–water partition coefficient (Wildman–Crippen LogP) is 0.973. The summed E-state index contributed by atoms with van der Waals surface area (Å²) >= 11 is 1.72. The summed E-state index contributed by atoms with van der Waals surface area (Å²) in [6.45, 7) is 6.35. The molecule has 1 saturated heterocycles. The molecule has 0 radical (unpaired) electrons. The number of hydrogen-bond donors (Lipinski definition) is 3. The summed E-state index contributed by atoms with van der Waals surface area (Å²) in [5.74, 6) is 0.482. The highest BCUT2D eigenvalue weighted by atomic mass is 127. The van der Waals surface area contributed by atoms with E-state index in [0.29, 0.717) is 25.6 Å². The van der Waals surface area contributed by atoms with Crippen molar-refractivity contribution in [3.8, 4) is 0 Å². The fourth-order valence-corrected chi connectivity index (χ4v) is 3.05. The molecule has 0 aromatic carbocycles. The number of guanidine groups is 1. The summed E-state index contributed by atoms with van der Waals surface area (Å²) in [5.41, 5.74) is 0. The summed E-state index contributed by atoms with van der Waals surface area (Å²) < 4.78 is 0. The SMILES string of the molecule is CCNC(=NCCc1ncc(CC)s1)NCCN1C(=O)CNC1=O.I. The van der Waals surface area contributed by atoms with Gasteiger partial charge in [0.2, 0.25) is 5.91 Å². The molecule has 0 unspecified atom stereocenters. The lowest BCUT2D eigenvalue weighted by molar-refractivity contribution is -0.124. The van der Waals surface area contributed by atoms with Gasteiger partial charge in [-0.1, -0.05) is 6.92 Å². The first-order valence-electron chi connectivity index (χ1n) is 8.18. The van der Waals surface area contributed by atoms with Crippen LogP contribution in [0.15, 0.2) is 11.2 Å². The minimum atomic E-state index is -0.334. The van der Waals surface area contributed by atoms with Gasteiger partial charge >= 0.3 is 6.03 Å². The van der Waals surface area contributed by atoms with E-state index in [2.05, 4.69) is 32.9 Å². The predicted molar refractivity (Wildman–Crippen MR) is 110 cm³/mol. The Hall–Kier alpha value is -1.43. The average molecular weight is 480 g/mol. The molecule has 1 aliphatic heterocycles. The first-order chi connectivity index (χ1) is 11.6. The molecule has 140 valence electrons. The smallest absolute Gasteiger partial charge is 0.324 e. The van der Waals surface area contributed by atoms with E-state index >= 15 is 0 Å². The maximum atomic E-state index is 11.5. The highest BCUT2D eigenvalue weighted by Crippen LogP contribution is 2.13. The monoisotopic (exact) mass is 480 g/mol. The van der Waals surface area contributed by atoms with Crippen LogP contribution in [0.1, 0.15) is 23.7 Å². The normalized spacial score (nSPS) is 14.3. The quantitative estimate of drug-likeness (QED) is 0.223. The number of aryl methyl sites for hydroxylation is 1. The second-order valence-electron chi connectivity index (χ2n) is 5.22. The number of carbonyl (C=O) groups excluding carboxylic acids is 2. The van der Waals surface area contributed by atoms with Crippen LogP contribution in [0.2, 0.25) is 0 Å². The van der Waals surface area contributed by atoms with Gasteiger partial charge in [-0.25, -0.2) is 9.78 Å². The van der Waals surface area contributed by atoms with E-state index in [1.54, 1.807) is 11.3 Å². The Morgan fingerprint density at radius 1 is 1.40 bits per heavy atom. The summed E-state index contributed by atoms with van der Waals surface area (Å²) in [5, 5.41) is 9.88. The first-order valence-corrected chi connectivity index (χ1v) is 8.99. The number of nitrogens with zero attached hydrogens (tertiary/aromatic N) is 3. The second-order valence-corrected chi connectivity index (χ2v) is 6.42. The van der Waals surface area contributed by atoms with Crippen LogP contribution < -0.4 is 16.0 Å². The van der Waals surface area contributed by atoms with Crippen molar-refractivity contribution in [2.24, 2.45) is 4.99 Å². The Morgan fingerprint density at radius 2 is 2.20 bits per heavy atom. The molecular formula is C15H25IN6O2S. The largest absolute Gasteiger partial charge is 0.357 e. The van der Waals surface area contributed by atoms with Gasteiger partial charge in [-0.3, -0.25) is 14.7 Å². The molecule has 8 nitrogen and oxygen atoms in total. The number of rotatable bonds is 8. The average Bonchev–Trinajstić information content (AvgIpc) is 3.16. The maximum absolute atomic E-state index is 11.5. The van der Waals surface area contributed by atoms with Gasteiger partial charge in [-0.2, -0.15) is 0 Å². The topological polar surface area (TPSA) is 98.7 Å². The molecular weight excluding hydrogens is 455 g/mol. The zero-order valence-corrected chi connectivity index (χ0v) is 17.6. The Morgan fingerprint density at radius 3 is 2.80 bits per heavy atom. The van der Waals surface area contributed by atoms with Crippen molar-refractivity contribution in [3.63, 3.8) is 0 Å². The van der Waals surface area contributed by atoms with Crippen LogP contribution in [0, 0.1) is 0 Å². The summed E-state index contributed by atoms with van der Waals surface area (Å²) in [6.07, 6.45) is 3.73. The molecule has 0 saturated carbocycles. The number of nitrogens with one attached hydrogen (secondary N) is 3. The van der Waals surface area contributed by atoms with E-state index in [1.807, 2.05) is 13.1 Å². The number of hydrogen-bond acceptors (Lipinski definition) is 5. The van der Waals surface area contributed by atoms with E-state index in [9.17, 15) is 9.59 Å². The molecule has 0 spiro atoms. The number of thiazole rings is 1. The van der Waals surface area contributed by atoms with Gasteiger partial charge in [0.05, 0.1) is 11.6 Å². The summed E-state index contributed by atoms with van der Waals surface area (Å²) in [7, 11) is 0. The number of carbonyl (C=O) groups is 2. The van der Waals surface area contributed by atoms with Crippen LogP contribution >= 0.6 is 35.3 Å². The standard InChI is InChI=1S/C15H24N6O2S.HI/c1-3-11-9-19-12(24-11)5-6-17-14(16-4-2)18-7-8-21-13(22)10-20-15(21)23;/h9H,3-8,10H2,1-2H3,(H,20,23)(H2,16,17,18);1H. The second kappa shape index (κ2) is 11.2. The van der Waals surface area contributed by atoms with Gasteiger partial charge in [-0.05, 0) is 13.3 Å². The third kappa shape index (κ3) is 6.77. The van der Waals surface area contributed by atoms with Crippen LogP contribution in [0.4, 0.5) is 4.79 Å². The minimum Gasteiger partial charge on any atom is -0.357 e. The van der Waals surface area contributed by atoms with Crippen LogP contribution in [-0.2, 0) is 17.6 Å². The molecule has 1 aromatic rings. The molecule has 1 aliphatic rings. The number of aliphatic imine (C=N–C) groups is 1. The van der Waals surface area contributed by atoms with E-state index in [4.69, 9.17) is 0 Å². The first kappa shape index (κ1) is 21.6. The van der Waals surface area contributed by atoms with E-state index in [1.165, 1.54) is 9.78 Å². The van der Waals surface area contributed by atoms with Crippen LogP contribution in [0.3, 0.4) is 0 Å². The number of urea groups is 1. The lowest BCUT2D eigenvalue weighted by atomic mass is 10.4. The molecule has 25 heavy (non-hydrogen) atoms. The fourth-order valence-electron chi connectivity index (χ4n) is 2.20. The third-order valence-corrected chi connectivity index (χ3v) is 4.66. The fraction of sp³-hybridized carbons (Fsp3) is 0.600. The minimum absolute atomic E-state index is 0. The molecule has 3 amide bonds. The van der Waals surface area contributed by atoms with Crippen LogP contribution in [0.5, 0.6) is 0 Å². The number of halogens is 1. The number of imide groups is 1. The van der Waals surface area contributed by atoms with Gasteiger partial charge in [0.15, 0.2) is 5.96 Å². The molecule has 0 bridgehead atoms. The van der Waals surface area contributed by atoms with Crippen molar-refractivity contribution in [1.82, 2.24) is 25.8 Å². The number of aromatic nitrogens is 1. The molecule has 2 rings (SSSR count). The van der Waals surface area contributed by atoms with Crippen molar-refractivity contribution < 1.29 is 9.59 Å². The molecule has 10 heteroatoms.